The second kappa shape index (κ2) is 7.97. The van der Waals surface area contributed by atoms with E-state index in [2.05, 4.69) is 15.9 Å². The third-order valence-corrected chi connectivity index (χ3v) is 3.90. The highest BCUT2D eigenvalue weighted by Gasteiger charge is 2.21. The molecule has 0 heterocycles. The van der Waals surface area contributed by atoms with Crippen molar-refractivity contribution in [2.24, 2.45) is 0 Å². The van der Waals surface area contributed by atoms with E-state index >= 15 is 0 Å². The number of ketones is 1. The molecule has 0 aliphatic carbocycles. The summed E-state index contributed by atoms with van der Waals surface area (Å²) in [4.78, 5) is 24.6. The first-order valence-corrected chi connectivity index (χ1v) is 7.97. The fourth-order valence-electron chi connectivity index (χ4n) is 2.06. The first kappa shape index (κ1) is 18.0. The molecule has 0 aliphatic rings. The van der Waals surface area contributed by atoms with Crippen LogP contribution in [0.2, 0.25) is 0 Å². The molecule has 0 spiro atoms. The third-order valence-electron chi connectivity index (χ3n) is 3.37. The Morgan fingerprint density at radius 3 is 1.96 bits per heavy atom. The molecule has 6 heteroatoms. The van der Waals surface area contributed by atoms with Crippen molar-refractivity contribution in [2.45, 2.75) is 13.0 Å². The van der Waals surface area contributed by atoms with Gasteiger partial charge >= 0.3 is 5.97 Å². The SMILES string of the molecule is COc1cc(OC)cc(C(=O)OC(C)C(=O)c2ccc(Br)cc2)c1. The van der Waals surface area contributed by atoms with Crippen LogP contribution in [0.25, 0.3) is 0 Å². The van der Waals surface area contributed by atoms with Crippen LogP contribution < -0.4 is 9.47 Å². The van der Waals surface area contributed by atoms with E-state index in [0.717, 1.165) is 4.47 Å². The number of rotatable bonds is 6. The molecule has 5 nitrogen and oxygen atoms in total. The average molecular weight is 393 g/mol. The van der Waals surface area contributed by atoms with Crippen molar-refractivity contribution in [3.8, 4) is 11.5 Å². The molecule has 126 valence electrons. The van der Waals surface area contributed by atoms with E-state index in [1.165, 1.54) is 26.4 Å². The van der Waals surface area contributed by atoms with Crippen LogP contribution in [0.4, 0.5) is 0 Å². The van der Waals surface area contributed by atoms with Crippen LogP contribution in [0, 0.1) is 0 Å². The molecule has 0 aliphatic heterocycles. The maximum absolute atomic E-state index is 12.3. The lowest BCUT2D eigenvalue weighted by Gasteiger charge is -2.13. The summed E-state index contributed by atoms with van der Waals surface area (Å²) < 4.78 is 16.4. The van der Waals surface area contributed by atoms with Crippen LogP contribution >= 0.6 is 15.9 Å². The van der Waals surface area contributed by atoms with Gasteiger partial charge in [-0.2, -0.15) is 0 Å². The molecule has 0 aromatic heterocycles. The lowest BCUT2D eigenvalue weighted by molar-refractivity contribution is 0.0318. The lowest BCUT2D eigenvalue weighted by Crippen LogP contribution is -2.24. The van der Waals surface area contributed by atoms with E-state index in [9.17, 15) is 9.59 Å². The maximum Gasteiger partial charge on any atom is 0.339 e. The highest BCUT2D eigenvalue weighted by Crippen LogP contribution is 2.23. The summed E-state index contributed by atoms with van der Waals surface area (Å²) in [6.07, 6.45) is -0.907. The summed E-state index contributed by atoms with van der Waals surface area (Å²) in [6, 6.07) is 11.6. The summed E-state index contributed by atoms with van der Waals surface area (Å²) in [7, 11) is 2.98. The first-order chi connectivity index (χ1) is 11.4. The smallest absolute Gasteiger partial charge is 0.339 e. The molecule has 0 amide bonds. The van der Waals surface area contributed by atoms with E-state index in [4.69, 9.17) is 14.2 Å². The minimum Gasteiger partial charge on any atom is -0.497 e. The van der Waals surface area contributed by atoms with Crippen LogP contribution in [0.5, 0.6) is 11.5 Å². The van der Waals surface area contributed by atoms with Gasteiger partial charge in [0.05, 0.1) is 19.8 Å². The molecule has 0 radical (unpaired) electrons. The zero-order chi connectivity index (χ0) is 17.7. The lowest BCUT2D eigenvalue weighted by atomic mass is 10.1. The zero-order valence-corrected chi connectivity index (χ0v) is 15.1. The normalized spacial score (nSPS) is 11.5. The molecule has 0 N–H and O–H groups in total. The summed E-state index contributed by atoms with van der Waals surface area (Å²) in [5.41, 5.74) is 0.725. The third kappa shape index (κ3) is 4.35. The number of benzene rings is 2. The van der Waals surface area contributed by atoms with Gasteiger partial charge in [-0.25, -0.2) is 4.79 Å². The first-order valence-electron chi connectivity index (χ1n) is 7.18. The highest BCUT2D eigenvalue weighted by atomic mass is 79.9. The number of carbonyl (C=O) groups excluding carboxylic acids is 2. The topological polar surface area (TPSA) is 61.8 Å². The van der Waals surface area contributed by atoms with Gasteiger partial charge in [-0.05, 0) is 31.2 Å². The molecule has 0 fully saturated rings. The van der Waals surface area contributed by atoms with Crippen molar-refractivity contribution in [3.05, 3.63) is 58.1 Å². The Morgan fingerprint density at radius 1 is 0.917 bits per heavy atom. The predicted octanol–water partition coefficient (Wildman–Crippen LogP) is 3.89. The molecule has 1 unspecified atom stereocenters. The van der Waals surface area contributed by atoms with Gasteiger partial charge in [-0.1, -0.05) is 28.1 Å². The largest absolute Gasteiger partial charge is 0.497 e. The molecular weight excluding hydrogens is 376 g/mol. The van der Waals surface area contributed by atoms with Crippen LogP contribution in [0.1, 0.15) is 27.6 Å². The Labute approximate surface area is 148 Å². The Hall–Kier alpha value is -2.34. The quantitative estimate of drug-likeness (QED) is 0.551. The molecule has 0 bridgehead atoms. The standard InChI is InChI=1S/C18H17BrO5/c1-11(17(20)12-4-6-14(19)7-5-12)24-18(21)13-8-15(22-2)10-16(9-13)23-3/h4-11H,1-3H3. The Morgan fingerprint density at radius 2 is 1.46 bits per heavy atom. The number of esters is 1. The number of hydrogen-bond donors (Lipinski definition) is 0. The van der Waals surface area contributed by atoms with Crippen molar-refractivity contribution < 1.29 is 23.8 Å². The predicted molar refractivity (Wildman–Crippen MR) is 92.9 cm³/mol. The molecule has 1 atom stereocenters. The van der Waals surface area contributed by atoms with Gasteiger partial charge in [-0.15, -0.1) is 0 Å². The summed E-state index contributed by atoms with van der Waals surface area (Å²) >= 11 is 3.31. The fraction of sp³-hybridized carbons (Fsp3) is 0.222. The van der Waals surface area contributed by atoms with Gasteiger partial charge in [0.1, 0.15) is 11.5 Å². The summed E-state index contributed by atoms with van der Waals surface area (Å²) in [5.74, 6) is 0.0391. The molecule has 2 rings (SSSR count). The van der Waals surface area contributed by atoms with Gasteiger partial charge in [-0.3, -0.25) is 4.79 Å². The van der Waals surface area contributed by atoms with Crippen molar-refractivity contribution in [1.29, 1.82) is 0 Å². The second-order valence-corrected chi connectivity index (χ2v) is 5.94. The Kier molecular flexibility index (Phi) is 5.98. The number of Topliss-reactive ketones (excluding diaryl/α,β-unsaturated/α-hetero) is 1. The second-order valence-electron chi connectivity index (χ2n) is 5.02. The summed E-state index contributed by atoms with van der Waals surface area (Å²) in [6.45, 7) is 1.54. The zero-order valence-electron chi connectivity index (χ0n) is 13.5. The van der Waals surface area contributed by atoms with E-state index in [0.29, 0.717) is 17.1 Å². The minimum absolute atomic E-state index is 0.252. The van der Waals surface area contributed by atoms with E-state index in [1.54, 1.807) is 37.3 Å². The maximum atomic E-state index is 12.3. The van der Waals surface area contributed by atoms with E-state index < -0.39 is 12.1 Å². The number of ether oxygens (including phenoxy) is 3. The van der Waals surface area contributed by atoms with Crippen molar-refractivity contribution in [3.63, 3.8) is 0 Å². The molecule has 2 aromatic carbocycles. The monoisotopic (exact) mass is 392 g/mol. The number of methoxy groups -OCH3 is 2. The summed E-state index contributed by atoms with van der Waals surface area (Å²) in [5, 5.41) is 0. The van der Waals surface area contributed by atoms with Crippen LogP contribution in [0.15, 0.2) is 46.9 Å². The van der Waals surface area contributed by atoms with Gasteiger partial charge in [0.25, 0.3) is 0 Å². The van der Waals surface area contributed by atoms with Gasteiger partial charge in [0.15, 0.2) is 6.10 Å². The average Bonchev–Trinajstić information content (AvgIpc) is 2.61. The van der Waals surface area contributed by atoms with Gasteiger partial charge < -0.3 is 14.2 Å². The van der Waals surface area contributed by atoms with Crippen LogP contribution in [-0.4, -0.2) is 32.1 Å². The van der Waals surface area contributed by atoms with Crippen LogP contribution in [-0.2, 0) is 4.74 Å². The van der Waals surface area contributed by atoms with E-state index in [-0.39, 0.29) is 11.3 Å². The van der Waals surface area contributed by atoms with Crippen LogP contribution in [0.3, 0.4) is 0 Å². The van der Waals surface area contributed by atoms with Crippen molar-refractivity contribution in [2.75, 3.05) is 14.2 Å². The Balaban J connectivity index is 2.13. The van der Waals surface area contributed by atoms with E-state index in [1.807, 2.05) is 0 Å². The van der Waals surface area contributed by atoms with Crippen molar-refractivity contribution >= 4 is 27.7 Å². The van der Waals surface area contributed by atoms with Gasteiger partial charge in [0, 0.05) is 16.1 Å². The minimum atomic E-state index is -0.907. The van der Waals surface area contributed by atoms with Gasteiger partial charge in [0.2, 0.25) is 5.78 Å². The fourth-order valence-corrected chi connectivity index (χ4v) is 2.32. The highest BCUT2D eigenvalue weighted by molar-refractivity contribution is 9.10. The molecule has 24 heavy (non-hydrogen) atoms. The molecule has 0 saturated heterocycles. The number of halogens is 1. The van der Waals surface area contributed by atoms with Crippen molar-refractivity contribution in [1.82, 2.24) is 0 Å². The molecule has 0 saturated carbocycles. The number of hydrogen-bond acceptors (Lipinski definition) is 5. The molecule has 2 aromatic rings. The number of carbonyl (C=O) groups is 2. The molecular formula is C18H17BrO5. The Bertz CT molecular complexity index is 717.